The molecule has 23 heavy (non-hydrogen) atoms. The van der Waals surface area contributed by atoms with Gasteiger partial charge in [-0.1, -0.05) is 26.7 Å². The number of carbonyl (C=O) groups excluding carboxylic acids is 1. The third-order valence-corrected chi connectivity index (χ3v) is 3.74. The van der Waals surface area contributed by atoms with E-state index >= 15 is 0 Å². The minimum atomic E-state index is -0.175. The van der Waals surface area contributed by atoms with Crippen molar-refractivity contribution < 1.29 is 9.21 Å². The minimum Gasteiger partial charge on any atom is -0.448 e. The van der Waals surface area contributed by atoms with Gasteiger partial charge in [-0.15, -0.1) is 0 Å². The number of nitrogens with two attached hydrogens (primary N) is 1. The first-order valence-electron chi connectivity index (χ1n) is 8.86. The fraction of sp³-hybridized carbons (Fsp3) is 0.765. The van der Waals surface area contributed by atoms with Crippen LogP contribution in [0.1, 0.15) is 62.3 Å². The lowest BCUT2D eigenvalue weighted by Crippen LogP contribution is -2.31. The zero-order valence-electron chi connectivity index (χ0n) is 14.6. The molecule has 0 aliphatic heterocycles. The van der Waals surface area contributed by atoms with Gasteiger partial charge in [-0.05, 0) is 38.9 Å². The summed E-state index contributed by atoms with van der Waals surface area (Å²) in [6, 6.07) is 0. The highest BCUT2D eigenvalue weighted by molar-refractivity contribution is 5.91. The number of aromatic nitrogens is 1. The van der Waals surface area contributed by atoms with E-state index in [2.05, 4.69) is 29.0 Å². The lowest BCUT2D eigenvalue weighted by molar-refractivity contribution is 0.0946. The molecular weight excluding hydrogens is 292 g/mol. The van der Waals surface area contributed by atoms with Crippen molar-refractivity contribution in [2.45, 2.75) is 52.4 Å². The number of hydrogen-bond acceptors (Lipinski definition) is 5. The van der Waals surface area contributed by atoms with Crippen LogP contribution in [0.5, 0.6) is 0 Å². The molecule has 1 rings (SSSR count). The van der Waals surface area contributed by atoms with Gasteiger partial charge in [0.2, 0.25) is 0 Å². The highest BCUT2D eigenvalue weighted by Crippen LogP contribution is 2.03. The Morgan fingerprint density at radius 3 is 2.48 bits per heavy atom. The number of oxazole rings is 1. The number of nitrogens with zero attached hydrogens (tertiary/aromatic N) is 2. The van der Waals surface area contributed by atoms with Crippen molar-refractivity contribution >= 4 is 5.91 Å². The maximum atomic E-state index is 12.0. The lowest BCUT2D eigenvalue weighted by atomic mass is 10.2. The van der Waals surface area contributed by atoms with Crippen LogP contribution in [0.3, 0.4) is 0 Å². The molecule has 6 nitrogen and oxygen atoms in total. The van der Waals surface area contributed by atoms with Crippen LogP contribution in [0.25, 0.3) is 0 Å². The molecule has 0 aromatic carbocycles. The maximum Gasteiger partial charge on any atom is 0.273 e. The Morgan fingerprint density at radius 2 is 1.87 bits per heavy atom. The van der Waals surface area contributed by atoms with E-state index in [1.54, 1.807) is 0 Å². The number of nitrogens with one attached hydrogen (secondary N) is 1. The molecule has 0 saturated heterocycles. The predicted octanol–water partition coefficient (Wildman–Crippen LogP) is 2.20. The number of unbranched alkanes of at least 4 members (excludes halogenated alkanes) is 2. The van der Waals surface area contributed by atoms with Gasteiger partial charge in [0.05, 0.1) is 0 Å². The molecule has 0 aliphatic rings. The third kappa shape index (κ3) is 8.13. The van der Waals surface area contributed by atoms with Gasteiger partial charge in [-0.25, -0.2) is 4.98 Å². The Balaban J connectivity index is 2.26. The van der Waals surface area contributed by atoms with Crippen LogP contribution < -0.4 is 11.1 Å². The van der Waals surface area contributed by atoms with E-state index in [1.165, 1.54) is 31.9 Å². The molecule has 1 amide bonds. The summed E-state index contributed by atoms with van der Waals surface area (Å²) in [5, 5.41) is 2.90. The zero-order valence-corrected chi connectivity index (χ0v) is 14.6. The Kier molecular flexibility index (Phi) is 10.3. The van der Waals surface area contributed by atoms with Crippen molar-refractivity contribution in [3.63, 3.8) is 0 Å². The fourth-order valence-electron chi connectivity index (χ4n) is 2.35. The molecular formula is C17H32N4O2. The average molecular weight is 324 g/mol. The summed E-state index contributed by atoms with van der Waals surface area (Å²) in [4.78, 5) is 18.6. The maximum absolute atomic E-state index is 12.0. The zero-order chi connectivity index (χ0) is 16.9. The molecule has 1 aromatic rings. The Hall–Kier alpha value is -1.40. The predicted molar refractivity (Wildman–Crippen MR) is 92.5 cm³/mol. The van der Waals surface area contributed by atoms with E-state index in [1.807, 2.05) is 0 Å². The molecule has 0 radical (unpaired) electrons. The molecule has 0 fully saturated rings. The summed E-state index contributed by atoms with van der Waals surface area (Å²) in [6.07, 6.45) is 7.81. The van der Waals surface area contributed by atoms with Gasteiger partial charge < -0.3 is 20.4 Å². The smallest absolute Gasteiger partial charge is 0.273 e. The van der Waals surface area contributed by atoms with Crippen LogP contribution in [0.15, 0.2) is 10.7 Å². The van der Waals surface area contributed by atoms with Gasteiger partial charge >= 0.3 is 0 Å². The van der Waals surface area contributed by atoms with Crippen molar-refractivity contribution in [2.24, 2.45) is 5.73 Å². The summed E-state index contributed by atoms with van der Waals surface area (Å²) >= 11 is 0. The molecule has 132 valence electrons. The number of rotatable bonds is 13. The summed E-state index contributed by atoms with van der Waals surface area (Å²) < 4.78 is 5.20. The lowest BCUT2D eigenvalue weighted by Gasteiger charge is -2.21. The van der Waals surface area contributed by atoms with E-state index in [4.69, 9.17) is 10.2 Å². The molecule has 0 spiro atoms. The van der Waals surface area contributed by atoms with Gasteiger partial charge in [0.15, 0.2) is 11.6 Å². The molecule has 3 N–H and O–H groups in total. The molecule has 1 heterocycles. The van der Waals surface area contributed by atoms with Crippen molar-refractivity contribution in [3.05, 3.63) is 17.8 Å². The Morgan fingerprint density at radius 1 is 1.22 bits per heavy atom. The van der Waals surface area contributed by atoms with Gasteiger partial charge in [-0.3, -0.25) is 4.79 Å². The van der Waals surface area contributed by atoms with E-state index in [9.17, 15) is 4.79 Å². The minimum absolute atomic E-state index is 0.175. The molecule has 6 heteroatoms. The van der Waals surface area contributed by atoms with Gasteiger partial charge in [0, 0.05) is 19.5 Å². The van der Waals surface area contributed by atoms with Crippen LogP contribution in [0, 0.1) is 0 Å². The fourth-order valence-corrected chi connectivity index (χ4v) is 2.35. The van der Waals surface area contributed by atoms with E-state index in [-0.39, 0.29) is 5.91 Å². The van der Waals surface area contributed by atoms with Crippen LogP contribution in [0.4, 0.5) is 0 Å². The average Bonchev–Trinajstić information content (AvgIpc) is 3.02. The van der Waals surface area contributed by atoms with E-state index in [0.717, 1.165) is 26.1 Å². The second-order valence-corrected chi connectivity index (χ2v) is 5.82. The molecule has 0 atom stereocenters. The standard InChI is InChI=1S/C17H32N4O2/c1-3-5-11-21(12-6-4-2)13-7-10-19-17(22)15-14-23-16(20-15)8-9-18/h14H,3-13,18H2,1-2H3,(H,19,22). The first-order valence-corrected chi connectivity index (χ1v) is 8.86. The monoisotopic (exact) mass is 324 g/mol. The van der Waals surface area contributed by atoms with E-state index in [0.29, 0.717) is 31.1 Å². The quantitative estimate of drug-likeness (QED) is 0.543. The first-order chi connectivity index (χ1) is 11.2. The van der Waals surface area contributed by atoms with Crippen molar-refractivity contribution in [3.8, 4) is 0 Å². The van der Waals surface area contributed by atoms with E-state index < -0.39 is 0 Å². The van der Waals surface area contributed by atoms with Crippen LogP contribution >= 0.6 is 0 Å². The Labute approximate surface area is 139 Å². The van der Waals surface area contributed by atoms with Crippen LogP contribution in [-0.4, -0.2) is 48.5 Å². The largest absolute Gasteiger partial charge is 0.448 e. The van der Waals surface area contributed by atoms with Gasteiger partial charge in [-0.2, -0.15) is 0 Å². The SMILES string of the molecule is CCCCN(CCCC)CCCNC(=O)c1coc(CCN)n1. The first kappa shape index (κ1) is 19.6. The second-order valence-electron chi connectivity index (χ2n) is 5.82. The number of carbonyl (C=O) groups is 1. The van der Waals surface area contributed by atoms with Gasteiger partial charge in [0.1, 0.15) is 6.26 Å². The number of amides is 1. The highest BCUT2D eigenvalue weighted by atomic mass is 16.3. The molecule has 0 aliphatic carbocycles. The highest BCUT2D eigenvalue weighted by Gasteiger charge is 2.11. The van der Waals surface area contributed by atoms with Gasteiger partial charge in [0.25, 0.3) is 5.91 Å². The molecule has 0 unspecified atom stereocenters. The van der Waals surface area contributed by atoms with Crippen molar-refractivity contribution in [1.82, 2.24) is 15.2 Å². The second kappa shape index (κ2) is 12.1. The number of hydrogen-bond donors (Lipinski definition) is 2. The van der Waals surface area contributed by atoms with Crippen LogP contribution in [0.2, 0.25) is 0 Å². The van der Waals surface area contributed by atoms with Crippen molar-refractivity contribution in [1.29, 1.82) is 0 Å². The summed E-state index contributed by atoms with van der Waals surface area (Å²) in [7, 11) is 0. The molecule has 1 aromatic heterocycles. The third-order valence-electron chi connectivity index (χ3n) is 3.74. The normalized spacial score (nSPS) is 11.1. The Bertz CT molecular complexity index is 426. The molecule has 0 bridgehead atoms. The topological polar surface area (TPSA) is 84.4 Å². The summed E-state index contributed by atoms with van der Waals surface area (Å²) in [6.45, 7) is 8.88. The summed E-state index contributed by atoms with van der Waals surface area (Å²) in [5.41, 5.74) is 5.77. The van der Waals surface area contributed by atoms with Crippen LogP contribution in [-0.2, 0) is 6.42 Å². The molecule has 0 saturated carbocycles. The van der Waals surface area contributed by atoms with Crippen molar-refractivity contribution in [2.75, 3.05) is 32.7 Å². The summed E-state index contributed by atoms with van der Waals surface area (Å²) in [5.74, 6) is 0.341.